The van der Waals surface area contributed by atoms with E-state index < -0.39 is 5.97 Å². The van der Waals surface area contributed by atoms with Crippen molar-refractivity contribution >= 4 is 18.0 Å². The molecular formula is C21H22FNO3. The summed E-state index contributed by atoms with van der Waals surface area (Å²) in [5.74, 6) is -1.33. The van der Waals surface area contributed by atoms with Crippen molar-refractivity contribution in [3.05, 3.63) is 77.6 Å². The molecule has 0 bridgehead atoms. The summed E-state index contributed by atoms with van der Waals surface area (Å²) in [6.45, 7) is 1.70. The van der Waals surface area contributed by atoms with Crippen LogP contribution in [0.15, 0.2) is 60.7 Å². The molecule has 0 aliphatic rings. The number of esters is 1. The van der Waals surface area contributed by atoms with Gasteiger partial charge in [-0.3, -0.25) is 4.79 Å². The van der Waals surface area contributed by atoms with Crippen molar-refractivity contribution in [2.45, 2.75) is 25.8 Å². The maximum Gasteiger partial charge on any atom is 0.331 e. The second kappa shape index (κ2) is 10.1. The molecule has 0 heterocycles. The number of halogens is 1. The van der Waals surface area contributed by atoms with Gasteiger partial charge in [0.05, 0.1) is 6.04 Å². The number of amides is 1. The molecule has 26 heavy (non-hydrogen) atoms. The highest BCUT2D eigenvalue weighted by Crippen LogP contribution is 2.17. The monoisotopic (exact) mass is 355 g/mol. The summed E-state index contributed by atoms with van der Waals surface area (Å²) in [4.78, 5) is 23.8. The van der Waals surface area contributed by atoms with Gasteiger partial charge in [-0.1, -0.05) is 55.8 Å². The lowest BCUT2D eigenvalue weighted by Gasteiger charge is -2.18. The van der Waals surface area contributed by atoms with Crippen molar-refractivity contribution in [2.24, 2.45) is 0 Å². The van der Waals surface area contributed by atoms with Gasteiger partial charge in [-0.25, -0.2) is 9.18 Å². The lowest BCUT2D eigenvalue weighted by atomic mass is 10.0. The highest BCUT2D eigenvalue weighted by Gasteiger charge is 2.14. The summed E-state index contributed by atoms with van der Waals surface area (Å²) in [6.07, 6.45) is 4.43. The fourth-order valence-electron chi connectivity index (χ4n) is 2.46. The number of rotatable bonds is 8. The van der Waals surface area contributed by atoms with E-state index in [0.29, 0.717) is 5.56 Å². The number of benzene rings is 2. The molecule has 1 N–H and O–H groups in total. The van der Waals surface area contributed by atoms with Gasteiger partial charge in [0.25, 0.3) is 5.91 Å². The van der Waals surface area contributed by atoms with Crippen molar-refractivity contribution in [1.82, 2.24) is 5.32 Å². The van der Waals surface area contributed by atoms with E-state index in [0.717, 1.165) is 18.4 Å². The Balaban J connectivity index is 1.83. The molecule has 1 amide bonds. The van der Waals surface area contributed by atoms with E-state index in [1.807, 2.05) is 37.3 Å². The third-order valence-corrected chi connectivity index (χ3v) is 3.74. The molecule has 0 aliphatic heterocycles. The summed E-state index contributed by atoms with van der Waals surface area (Å²) in [5.41, 5.74) is 1.69. The molecule has 4 nitrogen and oxygen atoms in total. The van der Waals surface area contributed by atoms with Crippen LogP contribution in [0.4, 0.5) is 4.39 Å². The van der Waals surface area contributed by atoms with E-state index in [2.05, 4.69) is 5.32 Å². The van der Waals surface area contributed by atoms with Gasteiger partial charge >= 0.3 is 5.97 Å². The van der Waals surface area contributed by atoms with E-state index in [1.165, 1.54) is 24.3 Å². The van der Waals surface area contributed by atoms with Gasteiger partial charge < -0.3 is 10.1 Å². The number of carbonyl (C=O) groups excluding carboxylic acids is 2. The predicted molar refractivity (Wildman–Crippen MR) is 98.6 cm³/mol. The lowest BCUT2D eigenvalue weighted by molar-refractivity contribution is -0.144. The largest absolute Gasteiger partial charge is 0.452 e. The maximum atomic E-state index is 12.8. The Labute approximate surface area is 152 Å². The molecule has 0 fully saturated rings. The van der Waals surface area contributed by atoms with Crippen LogP contribution < -0.4 is 5.32 Å². The van der Waals surface area contributed by atoms with Gasteiger partial charge in [0, 0.05) is 6.08 Å². The molecule has 0 aromatic heterocycles. The van der Waals surface area contributed by atoms with Gasteiger partial charge in [-0.2, -0.15) is 0 Å². The quantitative estimate of drug-likeness (QED) is 0.574. The number of hydrogen-bond donors (Lipinski definition) is 1. The fourth-order valence-corrected chi connectivity index (χ4v) is 2.46. The molecule has 0 saturated carbocycles. The number of nitrogens with one attached hydrogen (secondary N) is 1. The summed E-state index contributed by atoms with van der Waals surface area (Å²) < 4.78 is 17.8. The van der Waals surface area contributed by atoms with Crippen molar-refractivity contribution in [2.75, 3.05) is 6.61 Å². The Morgan fingerprint density at radius 1 is 1.12 bits per heavy atom. The highest BCUT2D eigenvalue weighted by atomic mass is 19.1. The highest BCUT2D eigenvalue weighted by molar-refractivity contribution is 5.89. The zero-order chi connectivity index (χ0) is 18.8. The van der Waals surface area contributed by atoms with Crippen LogP contribution in [0.5, 0.6) is 0 Å². The molecule has 0 saturated heterocycles. The zero-order valence-electron chi connectivity index (χ0n) is 14.7. The Morgan fingerprint density at radius 2 is 1.81 bits per heavy atom. The first-order valence-corrected chi connectivity index (χ1v) is 8.53. The van der Waals surface area contributed by atoms with Crippen LogP contribution in [0.3, 0.4) is 0 Å². The van der Waals surface area contributed by atoms with Gasteiger partial charge in [0.1, 0.15) is 5.82 Å². The second-order valence-electron chi connectivity index (χ2n) is 5.81. The maximum absolute atomic E-state index is 12.8. The van der Waals surface area contributed by atoms with E-state index in [9.17, 15) is 14.0 Å². The third-order valence-electron chi connectivity index (χ3n) is 3.74. The smallest absolute Gasteiger partial charge is 0.331 e. The third kappa shape index (κ3) is 6.51. The summed E-state index contributed by atoms with van der Waals surface area (Å²) in [5, 5.41) is 2.89. The van der Waals surface area contributed by atoms with Gasteiger partial charge in [-0.15, -0.1) is 0 Å². The van der Waals surface area contributed by atoms with Crippen LogP contribution in [0.2, 0.25) is 0 Å². The van der Waals surface area contributed by atoms with Crippen molar-refractivity contribution < 1.29 is 18.7 Å². The molecule has 2 aromatic carbocycles. The molecule has 5 heteroatoms. The van der Waals surface area contributed by atoms with Crippen LogP contribution in [0.25, 0.3) is 6.08 Å². The molecule has 136 valence electrons. The first kappa shape index (κ1) is 19.4. The van der Waals surface area contributed by atoms with E-state index in [1.54, 1.807) is 12.1 Å². The minimum atomic E-state index is -0.628. The van der Waals surface area contributed by atoms with Crippen LogP contribution in [0, 0.1) is 5.82 Å². The molecule has 2 aromatic rings. The average molecular weight is 355 g/mol. The Hall–Kier alpha value is -2.95. The molecule has 1 atom stereocenters. The molecule has 1 unspecified atom stereocenters. The number of hydrogen-bond acceptors (Lipinski definition) is 3. The van der Waals surface area contributed by atoms with Crippen molar-refractivity contribution in [3.8, 4) is 0 Å². The van der Waals surface area contributed by atoms with Crippen LogP contribution in [0.1, 0.15) is 36.9 Å². The van der Waals surface area contributed by atoms with E-state index in [-0.39, 0.29) is 24.4 Å². The normalized spacial score (nSPS) is 11.9. The fraction of sp³-hybridized carbons (Fsp3) is 0.238. The minimum Gasteiger partial charge on any atom is -0.452 e. The molecule has 0 radical (unpaired) electrons. The average Bonchev–Trinajstić information content (AvgIpc) is 2.66. The number of carbonyl (C=O) groups is 2. The lowest BCUT2D eigenvalue weighted by Crippen LogP contribution is -2.32. The molecule has 2 rings (SSSR count). The Bertz CT molecular complexity index is 742. The van der Waals surface area contributed by atoms with Crippen LogP contribution >= 0.6 is 0 Å². The Kier molecular flexibility index (Phi) is 7.55. The molecular weight excluding hydrogens is 333 g/mol. The zero-order valence-corrected chi connectivity index (χ0v) is 14.7. The first-order chi connectivity index (χ1) is 12.6. The van der Waals surface area contributed by atoms with Gasteiger partial charge in [0.2, 0.25) is 0 Å². The van der Waals surface area contributed by atoms with Gasteiger partial charge in [0.15, 0.2) is 6.61 Å². The van der Waals surface area contributed by atoms with E-state index >= 15 is 0 Å². The van der Waals surface area contributed by atoms with Crippen LogP contribution in [-0.4, -0.2) is 18.5 Å². The second-order valence-corrected chi connectivity index (χ2v) is 5.81. The number of ether oxygens (including phenoxy) is 1. The first-order valence-electron chi connectivity index (χ1n) is 8.53. The molecule has 0 aliphatic carbocycles. The predicted octanol–water partition coefficient (Wildman–Crippen LogP) is 4.04. The summed E-state index contributed by atoms with van der Waals surface area (Å²) in [6, 6.07) is 15.3. The minimum absolute atomic E-state index is 0.109. The van der Waals surface area contributed by atoms with Crippen molar-refractivity contribution in [1.29, 1.82) is 0 Å². The van der Waals surface area contributed by atoms with Crippen LogP contribution in [-0.2, 0) is 14.3 Å². The van der Waals surface area contributed by atoms with Gasteiger partial charge in [-0.05, 0) is 35.8 Å². The standard InChI is InChI=1S/C21H22FNO3/c1-2-6-19(17-7-4-3-5-8-17)23-20(24)15-26-21(25)14-11-16-9-12-18(22)13-10-16/h3-5,7-14,19H,2,6,15H2,1H3,(H,23,24)/b14-11+. The molecule has 0 spiro atoms. The summed E-state index contributed by atoms with van der Waals surface area (Å²) >= 11 is 0. The topological polar surface area (TPSA) is 55.4 Å². The van der Waals surface area contributed by atoms with E-state index in [4.69, 9.17) is 4.74 Å². The summed E-state index contributed by atoms with van der Waals surface area (Å²) in [7, 11) is 0. The Morgan fingerprint density at radius 3 is 2.46 bits per heavy atom. The SMILES string of the molecule is CCCC(NC(=O)COC(=O)/C=C/c1ccc(F)cc1)c1ccccc1. The van der Waals surface area contributed by atoms with Crippen molar-refractivity contribution in [3.63, 3.8) is 0 Å².